The van der Waals surface area contributed by atoms with Gasteiger partial charge in [-0.1, -0.05) is 30.3 Å². The summed E-state index contributed by atoms with van der Waals surface area (Å²) < 4.78 is 0. The molecule has 1 amide bonds. The SMILES string of the molecule is CN(Cc1ccccc1)C(=O)C1CCc2c(O)ccc(O)c2C1. The fourth-order valence-electron chi connectivity index (χ4n) is 3.30. The van der Waals surface area contributed by atoms with Gasteiger partial charge in [-0.15, -0.1) is 0 Å². The monoisotopic (exact) mass is 311 g/mol. The van der Waals surface area contributed by atoms with Crippen LogP contribution in [0.2, 0.25) is 0 Å². The summed E-state index contributed by atoms with van der Waals surface area (Å²) in [6.45, 7) is 0.578. The van der Waals surface area contributed by atoms with E-state index in [1.54, 1.807) is 4.90 Å². The normalized spacial score (nSPS) is 16.7. The second kappa shape index (κ2) is 6.32. The number of amides is 1. The first-order valence-corrected chi connectivity index (χ1v) is 7.88. The lowest BCUT2D eigenvalue weighted by Gasteiger charge is -2.28. The number of hydrogen-bond donors (Lipinski definition) is 2. The molecule has 1 aliphatic rings. The van der Waals surface area contributed by atoms with Crippen LogP contribution < -0.4 is 0 Å². The van der Waals surface area contributed by atoms with E-state index in [1.807, 2.05) is 37.4 Å². The summed E-state index contributed by atoms with van der Waals surface area (Å²) >= 11 is 0. The van der Waals surface area contributed by atoms with E-state index in [4.69, 9.17) is 0 Å². The van der Waals surface area contributed by atoms with Crippen LogP contribution in [0.15, 0.2) is 42.5 Å². The highest BCUT2D eigenvalue weighted by Gasteiger charge is 2.29. The summed E-state index contributed by atoms with van der Waals surface area (Å²) in [5.74, 6) is 0.313. The van der Waals surface area contributed by atoms with Gasteiger partial charge in [0.15, 0.2) is 0 Å². The molecule has 4 nitrogen and oxygen atoms in total. The van der Waals surface area contributed by atoms with Crippen LogP contribution in [0.1, 0.15) is 23.1 Å². The molecule has 3 rings (SSSR count). The fraction of sp³-hybridized carbons (Fsp3) is 0.316. The maximum atomic E-state index is 12.7. The van der Waals surface area contributed by atoms with Crippen molar-refractivity contribution in [3.8, 4) is 11.5 Å². The molecule has 0 heterocycles. The van der Waals surface area contributed by atoms with Crippen LogP contribution in [0.4, 0.5) is 0 Å². The molecule has 0 bridgehead atoms. The molecule has 2 N–H and O–H groups in total. The second-order valence-electron chi connectivity index (χ2n) is 6.18. The molecular weight excluding hydrogens is 290 g/mol. The molecule has 0 saturated heterocycles. The Bertz CT molecular complexity index is 712. The quantitative estimate of drug-likeness (QED) is 0.857. The average Bonchev–Trinajstić information content (AvgIpc) is 2.58. The van der Waals surface area contributed by atoms with Crippen molar-refractivity contribution < 1.29 is 15.0 Å². The summed E-state index contributed by atoms with van der Waals surface area (Å²) in [5, 5.41) is 19.9. The maximum absolute atomic E-state index is 12.7. The van der Waals surface area contributed by atoms with Gasteiger partial charge in [0.1, 0.15) is 11.5 Å². The van der Waals surface area contributed by atoms with E-state index in [2.05, 4.69) is 0 Å². The first-order valence-electron chi connectivity index (χ1n) is 7.88. The molecule has 0 spiro atoms. The predicted octanol–water partition coefficient (Wildman–Crippen LogP) is 2.86. The van der Waals surface area contributed by atoms with Crippen molar-refractivity contribution in [3.63, 3.8) is 0 Å². The van der Waals surface area contributed by atoms with Gasteiger partial charge in [-0.2, -0.15) is 0 Å². The van der Waals surface area contributed by atoms with Crippen LogP contribution >= 0.6 is 0 Å². The summed E-state index contributed by atoms with van der Waals surface area (Å²) in [6, 6.07) is 12.9. The summed E-state index contributed by atoms with van der Waals surface area (Å²) in [6.07, 6.45) is 1.79. The molecule has 0 fully saturated rings. The number of nitrogens with zero attached hydrogens (tertiary/aromatic N) is 1. The van der Waals surface area contributed by atoms with Crippen molar-refractivity contribution in [2.75, 3.05) is 7.05 Å². The largest absolute Gasteiger partial charge is 0.508 e. The molecule has 1 aliphatic carbocycles. The number of hydrogen-bond acceptors (Lipinski definition) is 3. The minimum absolute atomic E-state index is 0.0854. The highest BCUT2D eigenvalue weighted by atomic mass is 16.3. The highest BCUT2D eigenvalue weighted by molar-refractivity contribution is 5.79. The molecule has 0 radical (unpaired) electrons. The standard InChI is InChI=1S/C19H21NO3/c1-20(12-13-5-3-2-4-6-13)19(23)14-7-8-15-16(11-14)18(22)10-9-17(15)21/h2-6,9-10,14,21-22H,7-8,11-12H2,1H3. The van der Waals surface area contributed by atoms with Gasteiger partial charge in [0, 0.05) is 30.6 Å². The number of carbonyl (C=O) groups excluding carboxylic acids is 1. The van der Waals surface area contributed by atoms with Gasteiger partial charge in [0.25, 0.3) is 0 Å². The number of rotatable bonds is 3. The minimum atomic E-state index is -0.149. The predicted molar refractivity (Wildman–Crippen MR) is 88.2 cm³/mol. The van der Waals surface area contributed by atoms with Crippen molar-refractivity contribution in [2.24, 2.45) is 5.92 Å². The molecule has 0 aromatic heterocycles. The van der Waals surface area contributed by atoms with Gasteiger partial charge in [-0.05, 0) is 37.0 Å². The lowest BCUT2D eigenvalue weighted by atomic mass is 9.82. The van der Waals surface area contributed by atoms with Crippen LogP contribution in [0.25, 0.3) is 0 Å². The van der Waals surface area contributed by atoms with Crippen molar-refractivity contribution in [1.29, 1.82) is 0 Å². The molecule has 4 heteroatoms. The smallest absolute Gasteiger partial charge is 0.226 e. The highest BCUT2D eigenvalue weighted by Crippen LogP contribution is 2.37. The molecule has 0 saturated carbocycles. The number of carbonyl (C=O) groups is 1. The van der Waals surface area contributed by atoms with E-state index in [-0.39, 0.29) is 23.3 Å². The molecule has 2 aromatic rings. The number of phenolic OH excluding ortho intramolecular Hbond substituents is 2. The van der Waals surface area contributed by atoms with Gasteiger partial charge < -0.3 is 15.1 Å². The topological polar surface area (TPSA) is 60.8 Å². The average molecular weight is 311 g/mol. The Balaban J connectivity index is 1.73. The van der Waals surface area contributed by atoms with Crippen LogP contribution in [0.5, 0.6) is 11.5 Å². The molecule has 23 heavy (non-hydrogen) atoms. The van der Waals surface area contributed by atoms with Gasteiger partial charge in [-0.25, -0.2) is 0 Å². The second-order valence-corrected chi connectivity index (χ2v) is 6.18. The maximum Gasteiger partial charge on any atom is 0.226 e. The Labute approximate surface area is 136 Å². The van der Waals surface area contributed by atoms with E-state index in [0.29, 0.717) is 31.4 Å². The summed E-state index contributed by atoms with van der Waals surface area (Å²) in [7, 11) is 1.81. The lowest BCUT2D eigenvalue weighted by Crippen LogP contribution is -2.35. The lowest BCUT2D eigenvalue weighted by molar-refractivity contribution is -0.135. The van der Waals surface area contributed by atoms with Gasteiger partial charge in [0.05, 0.1) is 0 Å². The zero-order valence-corrected chi connectivity index (χ0v) is 13.2. The van der Waals surface area contributed by atoms with Crippen LogP contribution in [-0.2, 0) is 24.2 Å². The summed E-state index contributed by atoms with van der Waals surface area (Å²) in [4.78, 5) is 14.4. The Hall–Kier alpha value is -2.49. The molecule has 1 atom stereocenters. The molecular formula is C19H21NO3. The Kier molecular flexibility index (Phi) is 4.24. The first kappa shape index (κ1) is 15.4. The van der Waals surface area contributed by atoms with Crippen molar-refractivity contribution >= 4 is 5.91 Å². The Morgan fingerprint density at radius 2 is 1.74 bits per heavy atom. The van der Waals surface area contributed by atoms with E-state index < -0.39 is 0 Å². The minimum Gasteiger partial charge on any atom is -0.508 e. The van der Waals surface area contributed by atoms with E-state index >= 15 is 0 Å². The van der Waals surface area contributed by atoms with Gasteiger partial charge in [0.2, 0.25) is 5.91 Å². The van der Waals surface area contributed by atoms with Crippen LogP contribution in [-0.4, -0.2) is 28.1 Å². The molecule has 0 aliphatic heterocycles. The third-order valence-corrected chi connectivity index (χ3v) is 4.56. The fourth-order valence-corrected chi connectivity index (χ4v) is 3.30. The summed E-state index contributed by atoms with van der Waals surface area (Å²) in [5.41, 5.74) is 2.59. The zero-order valence-electron chi connectivity index (χ0n) is 13.2. The molecule has 2 aromatic carbocycles. The van der Waals surface area contributed by atoms with E-state index in [9.17, 15) is 15.0 Å². The number of phenols is 2. The van der Waals surface area contributed by atoms with Crippen molar-refractivity contribution in [2.45, 2.75) is 25.8 Å². The van der Waals surface area contributed by atoms with Crippen molar-refractivity contribution in [3.05, 3.63) is 59.2 Å². The van der Waals surface area contributed by atoms with Gasteiger partial charge >= 0.3 is 0 Å². The molecule has 1 unspecified atom stereocenters. The van der Waals surface area contributed by atoms with E-state index in [1.165, 1.54) is 12.1 Å². The third-order valence-electron chi connectivity index (χ3n) is 4.56. The third kappa shape index (κ3) is 3.16. The number of benzene rings is 2. The Morgan fingerprint density at radius 3 is 2.43 bits per heavy atom. The zero-order chi connectivity index (χ0) is 16.4. The number of aromatic hydroxyl groups is 2. The van der Waals surface area contributed by atoms with Gasteiger partial charge in [-0.3, -0.25) is 4.79 Å². The van der Waals surface area contributed by atoms with Crippen molar-refractivity contribution in [1.82, 2.24) is 4.90 Å². The van der Waals surface area contributed by atoms with Crippen LogP contribution in [0, 0.1) is 5.92 Å². The van der Waals surface area contributed by atoms with Crippen LogP contribution in [0.3, 0.4) is 0 Å². The first-order chi connectivity index (χ1) is 11.1. The van der Waals surface area contributed by atoms with E-state index in [0.717, 1.165) is 11.1 Å². The number of fused-ring (bicyclic) bond motifs is 1. The molecule has 120 valence electrons. The Morgan fingerprint density at radius 1 is 1.09 bits per heavy atom.